The Labute approximate surface area is 107 Å². The maximum absolute atomic E-state index is 13.7. The predicted octanol–water partition coefficient (Wildman–Crippen LogP) is 2.45. The Hall–Kier alpha value is -1.34. The minimum atomic E-state index is -1.83. The molecule has 1 N–H and O–H groups in total. The van der Waals surface area contributed by atoms with Crippen molar-refractivity contribution >= 4 is 16.7 Å². The summed E-state index contributed by atoms with van der Waals surface area (Å²) in [5.74, 6) is -0.715. The molecule has 1 aromatic rings. The molecule has 0 bridgehead atoms. The van der Waals surface area contributed by atoms with Crippen LogP contribution in [0.3, 0.4) is 0 Å². The number of nitro groups is 1. The molecular formula is C11H15FN2O3S. The molecule has 0 aliphatic rings. The first-order chi connectivity index (χ1) is 8.11. The van der Waals surface area contributed by atoms with E-state index in [-0.39, 0.29) is 16.1 Å². The second-order valence-corrected chi connectivity index (χ2v) is 6.13. The lowest BCUT2D eigenvalue weighted by molar-refractivity contribution is -0.385. The molecule has 1 unspecified atom stereocenters. The number of aryl methyl sites for hydroxylation is 1. The van der Waals surface area contributed by atoms with Crippen molar-refractivity contribution in [1.29, 1.82) is 0 Å². The van der Waals surface area contributed by atoms with Gasteiger partial charge in [0.1, 0.15) is 16.8 Å². The molecule has 18 heavy (non-hydrogen) atoms. The SMILES string of the molecule is Cc1cc(F)c(S(=O)NC(C)(C)C)cc1[N+](=O)[O-]. The van der Waals surface area contributed by atoms with Gasteiger partial charge in [0.05, 0.1) is 9.82 Å². The second-order valence-electron chi connectivity index (χ2n) is 4.95. The molecule has 0 fully saturated rings. The Morgan fingerprint density at radius 1 is 1.39 bits per heavy atom. The minimum Gasteiger partial charge on any atom is -0.258 e. The van der Waals surface area contributed by atoms with Gasteiger partial charge in [-0.25, -0.2) is 13.3 Å². The van der Waals surface area contributed by atoms with E-state index in [1.54, 1.807) is 20.8 Å². The van der Waals surface area contributed by atoms with Crippen LogP contribution in [-0.2, 0) is 11.0 Å². The summed E-state index contributed by atoms with van der Waals surface area (Å²) in [6, 6.07) is 2.04. The zero-order valence-electron chi connectivity index (χ0n) is 10.6. The highest BCUT2D eigenvalue weighted by Crippen LogP contribution is 2.24. The number of benzene rings is 1. The fraction of sp³-hybridized carbons (Fsp3) is 0.455. The average molecular weight is 274 g/mol. The fourth-order valence-electron chi connectivity index (χ4n) is 1.31. The highest BCUT2D eigenvalue weighted by Gasteiger charge is 2.22. The summed E-state index contributed by atoms with van der Waals surface area (Å²) in [7, 11) is -1.83. The van der Waals surface area contributed by atoms with Crippen LogP contribution in [0.1, 0.15) is 26.3 Å². The molecule has 0 saturated heterocycles. The normalized spacial score (nSPS) is 13.4. The summed E-state index contributed by atoms with van der Waals surface area (Å²) in [5.41, 5.74) is -0.527. The Kier molecular flexibility index (Phi) is 4.18. The number of hydrogen-bond acceptors (Lipinski definition) is 3. The first-order valence-corrected chi connectivity index (χ1v) is 6.41. The molecule has 0 spiro atoms. The highest BCUT2D eigenvalue weighted by atomic mass is 32.2. The molecule has 1 aromatic carbocycles. The number of nitrogens with one attached hydrogen (secondary N) is 1. The maximum Gasteiger partial charge on any atom is 0.273 e. The fourth-order valence-corrected chi connectivity index (χ4v) is 2.43. The van der Waals surface area contributed by atoms with Crippen molar-refractivity contribution in [3.8, 4) is 0 Å². The quantitative estimate of drug-likeness (QED) is 0.679. The third kappa shape index (κ3) is 3.58. The molecule has 0 aliphatic heterocycles. The van der Waals surface area contributed by atoms with E-state index in [0.717, 1.165) is 12.1 Å². The monoisotopic (exact) mass is 274 g/mol. The number of hydrogen-bond donors (Lipinski definition) is 1. The zero-order valence-corrected chi connectivity index (χ0v) is 11.4. The van der Waals surface area contributed by atoms with Crippen molar-refractivity contribution in [2.24, 2.45) is 0 Å². The van der Waals surface area contributed by atoms with Gasteiger partial charge in [0.25, 0.3) is 5.69 Å². The Morgan fingerprint density at radius 2 is 1.94 bits per heavy atom. The van der Waals surface area contributed by atoms with Crippen LogP contribution in [0.25, 0.3) is 0 Å². The van der Waals surface area contributed by atoms with Crippen LogP contribution in [-0.4, -0.2) is 14.7 Å². The van der Waals surface area contributed by atoms with E-state index >= 15 is 0 Å². The minimum absolute atomic E-state index is 0.203. The summed E-state index contributed by atoms with van der Waals surface area (Å²) < 4.78 is 28.2. The van der Waals surface area contributed by atoms with Gasteiger partial charge in [0, 0.05) is 17.2 Å². The van der Waals surface area contributed by atoms with Crippen molar-refractivity contribution in [2.75, 3.05) is 0 Å². The van der Waals surface area contributed by atoms with Crippen LogP contribution < -0.4 is 4.72 Å². The Morgan fingerprint density at radius 3 is 2.39 bits per heavy atom. The van der Waals surface area contributed by atoms with Crippen LogP contribution in [0.15, 0.2) is 17.0 Å². The largest absolute Gasteiger partial charge is 0.273 e. The van der Waals surface area contributed by atoms with Crippen molar-refractivity contribution in [3.05, 3.63) is 33.6 Å². The first kappa shape index (κ1) is 14.7. The number of nitrogens with zero attached hydrogens (tertiary/aromatic N) is 1. The molecule has 1 rings (SSSR count). The standard InChI is InChI=1S/C11H15FN2O3S/c1-7-5-8(12)10(6-9(7)14(15)16)18(17)13-11(2,3)4/h5-6,13H,1-4H3. The zero-order chi connectivity index (χ0) is 14.1. The van der Waals surface area contributed by atoms with E-state index in [2.05, 4.69) is 4.72 Å². The molecular weight excluding hydrogens is 259 g/mol. The summed E-state index contributed by atoms with van der Waals surface area (Å²) in [6.45, 7) is 6.74. The van der Waals surface area contributed by atoms with Crippen molar-refractivity contribution in [2.45, 2.75) is 38.1 Å². The van der Waals surface area contributed by atoms with Gasteiger partial charge in [-0.3, -0.25) is 10.1 Å². The van der Waals surface area contributed by atoms with Gasteiger partial charge < -0.3 is 0 Å². The summed E-state index contributed by atoms with van der Waals surface area (Å²) in [5, 5.41) is 10.8. The van der Waals surface area contributed by atoms with Gasteiger partial charge in [-0.05, 0) is 33.8 Å². The molecule has 0 heterocycles. The van der Waals surface area contributed by atoms with E-state index in [0.29, 0.717) is 0 Å². The Balaban J connectivity index is 3.21. The van der Waals surface area contributed by atoms with Crippen molar-refractivity contribution in [3.63, 3.8) is 0 Å². The van der Waals surface area contributed by atoms with Crippen LogP contribution in [0.5, 0.6) is 0 Å². The molecule has 0 aromatic heterocycles. The van der Waals surface area contributed by atoms with Gasteiger partial charge >= 0.3 is 0 Å². The first-order valence-electron chi connectivity index (χ1n) is 5.26. The molecule has 0 aliphatic carbocycles. The average Bonchev–Trinajstić information content (AvgIpc) is 2.13. The van der Waals surface area contributed by atoms with E-state index in [1.165, 1.54) is 6.92 Å². The topological polar surface area (TPSA) is 72.2 Å². The molecule has 0 amide bonds. The molecule has 0 radical (unpaired) electrons. The van der Waals surface area contributed by atoms with Crippen LogP contribution in [0.4, 0.5) is 10.1 Å². The van der Waals surface area contributed by atoms with Gasteiger partial charge in [0.2, 0.25) is 0 Å². The Bertz CT molecular complexity index is 512. The molecule has 0 saturated carbocycles. The smallest absolute Gasteiger partial charge is 0.258 e. The maximum atomic E-state index is 13.7. The summed E-state index contributed by atoms with van der Waals surface area (Å²) in [4.78, 5) is 9.93. The van der Waals surface area contributed by atoms with Crippen LogP contribution in [0.2, 0.25) is 0 Å². The second kappa shape index (κ2) is 5.11. The molecule has 100 valence electrons. The van der Waals surface area contributed by atoms with Gasteiger partial charge in [0.15, 0.2) is 0 Å². The van der Waals surface area contributed by atoms with Crippen molar-refractivity contribution in [1.82, 2.24) is 4.72 Å². The summed E-state index contributed by atoms with van der Waals surface area (Å²) >= 11 is 0. The third-order valence-electron chi connectivity index (χ3n) is 2.05. The van der Waals surface area contributed by atoms with Crippen LogP contribution >= 0.6 is 0 Å². The predicted molar refractivity (Wildman–Crippen MR) is 67.1 cm³/mol. The van der Waals surface area contributed by atoms with Gasteiger partial charge in [-0.1, -0.05) is 0 Å². The lowest BCUT2D eigenvalue weighted by Gasteiger charge is -2.19. The highest BCUT2D eigenvalue weighted by molar-refractivity contribution is 7.83. The van der Waals surface area contributed by atoms with E-state index in [9.17, 15) is 18.7 Å². The molecule has 5 nitrogen and oxygen atoms in total. The van der Waals surface area contributed by atoms with E-state index < -0.39 is 27.3 Å². The van der Waals surface area contributed by atoms with Gasteiger partial charge in [-0.15, -0.1) is 0 Å². The lowest BCUT2D eigenvalue weighted by atomic mass is 10.1. The number of halogens is 1. The number of rotatable bonds is 3. The molecule has 7 heteroatoms. The number of nitro benzene ring substituents is 1. The lowest BCUT2D eigenvalue weighted by Crippen LogP contribution is -2.37. The molecule has 1 atom stereocenters. The van der Waals surface area contributed by atoms with Crippen molar-refractivity contribution < 1.29 is 13.5 Å². The third-order valence-corrected chi connectivity index (χ3v) is 3.56. The van der Waals surface area contributed by atoms with E-state index in [4.69, 9.17) is 0 Å². The van der Waals surface area contributed by atoms with Crippen LogP contribution in [0, 0.1) is 22.9 Å². The van der Waals surface area contributed by atoms with E-state index in [1.807, 2.05) is 0 Å². The summed E-state index contributed by atoms with van der Waals surface area (Å²) in [6.07, 6.45) is 0. The van der Waals surface area contributed by atoms with Gasteiger partial charge in [-0.2, -0.15) is 0 Å².